The van der Waals surface area contributed by atoms with Gasteiger partial charge in [-0.3, -0.25) is 4.79 Å². The van der Waals surface area contributed by atoms with Crippen LogP contribution in [-0.4, -0.2) is 34.1 Å². The van der Waals surface area contributed by atoms with E-state index in [0.29, 0.717) is 28.6 Å². The van der Waals surface area contributed by atoms with Gasteiger partial charge in [-0.2, -0.15) is 4.98 Å². The summed E-state index contributed by atoms with van der Waals surface area (Å²) in [7, 11) is 0. The van der Waals surface area contributed by atoms with Crippen molar-refractivity contribution in [2.75, 3.05) is 13.2 Å². The highest BCUT2D eigenvalue weighted by atomic mass is 16.5. The number of phenols is 1. The fourth-order valence-electron chi connectivity index (χ4n) is 4.16. The van der Waals surface area contributed by atoms with E-state index >= 15 is 0 Å². The Labute approximate surface area is 192 Å². The van der Waals surface area contributed by atoms with Crippen LogP contribution in [0.4, 0.5) is 0 Å². The topological polar surface area (TPSA) is 104 Å². The first kappa shape index (κ1) is 22.6. The van der Waals surface area contributed by atoms with Crippen molar-refractivity contribution in [1.82, 2.24) is 15.3 Å². The summed E-state index contributed by atoms with van der Waals surface area (Å²) in [5.41, 5.74) is 2.93. The highest BCUT2D eigenvalue weighted by Crippen LogP contribution is 2.27. The summed E-state index contributed by atoms with van der Waals surface area (Å²) in [4.78, 5) is 31.1. The van der Waals surface area contributed by atoms with Gasteiger partial charge in [0.05, 0.1) is 11.4 Å². The van der Waals surface area contributed by atoms with Crippen LogP contribution in [0.5, 0.6) is 11.5 Å². The minimum absolute atomic E-state index is 0.0253. The van der Waals surface area contributed by atoms with Crippen LogP contribution in [0.2, 0.25) is 0 Å². The van der Waals surface area contributed by atoms with Gasteiger partial charge in [0, 0.05) is 12.1 Å². The zero-order valence-electron chi connectivity index (χ0n) is 18.8. The molecule has 1 heterocycles. The molecule has 0 radical (unpaired) electrons. The first-order chi connectivity index (χ1) is 16.0. The van der Waals surface area contributed by atoms with Gasteiger partial charge in [0.2, 0.25) is 0 Å². The Morgan fingerprint density at radius 3 is 2.55 bits per heavy atom. The molecule has 1 aromatic heterocycles. The number of ether oxygens (including phenoxy) is 1. The van der Waals surface area contributed by atoms with E-state index < -0.39 is 5.69 Å². The molecule has 1 saturated carbocycles. The summed E-state index contributed by atoms with van der Waals surface area (Å²) in [5, 5.41) is 12.7. The lowest BCUT2D eigenvalue weighted by Gasteiger charge is -2.21. The molecule has 0 unspecified atom stereocenters. The summed E-state index contributed by atoms with van der Waals surface area (Å²) < 4.78 is 5.62. The van der Waals surface area contributed by atoms with Gasteiger partial charge >= 0.3 is 5.69 Å². The molecular formula is C26H29N3O4. The van der Waals surface area contributed by atoms with Gasteiger partial charge in [-0.05, 0) is 85.3 Å². The molecule has 172 valence electrons. The Bertz CT molecular complexity index is 1160. The zero-order valence-corrected chi connectivity index (χ0v) is 18.8. The highest BCUT2D eigenvalue weighted by Gasteiger charge is 2.14. The van der Waals surface area contributed by atoms with Crippen LogP contribution in [-0.2, 0) is 4.79 Å². The van der Waals surface area contributed by atoms with Crippen molar-refractivity contribution in [1.29, 1.82) is 0 Å². The lowest BCUT2D eigenvalue weighted by atomic mass is 9.89. The number of phenolic OH excluding ortho intramolecular Hbond substituents is 1. The second kappa shape index (κ2) is 10.3. The number of carbonyl (C=O) groups excluding carboxylic acids is 1. The standard InChI is InChI=1S/C26H29N3O4/c1-17-13-20(9-12-24(17)30)23-14-22(28-26(32)29-23)19-7-10-21(11-8-19)33-16-25(31)27-15-18-5-3-2-4-6-18/h7-14,18,30H,2-6,15-16H2,1H3,(H,27,31)(H,28,29,32). The number of nitrogens with zero attached hydrogens (tertiary/aromatic N) is 1. The molecule has 1 aliphatic carbocycles. The summed E-state index contributed by atoms with van der Waals surface area (Å²) in [6.45, 7) is 2.49. The molecule has 33 heavy (non-hydrogen) atoms. The van der Waals surface area contributed by atoms with Gasteiger partial charge in [-0.15, -0.1) is 0 Å². The number of benzene rings is 2. The van der Waals surface area contributed by atoms with E-state index in [0.717, 1.165) is 17.7 Å². The SMILES string of the molecule is Cc1cc(-c2cc(-c3ccc(OCC(=O)NCC4CCCCC4)cc3)[nH]c(=O)n2)ccc1O. The van der Waals surface area contributed by atoms with Crippen LogP contribution in [0.1, 0.15) is 37.7 Å². The highest BCUT2D eigenvalue weighted by molar-refractivity contribution is 5.77. The normalized spacial score (nSPS) is 14.1. The molecule has 1 fully saturated rings. The van der Waals surface area contributed by atoms with Gasteiger partial charge in [0.1, 0.15) is 11.5 Å². The third-order valence-electron chi connectivity index (χ3n) is 6.09. The number of rotatable bonds is 7. The van der Waals surface area contributed by atoms with Gasteiger partial charge in [0.25, 0.3) is 5.91 Å². The van der Waals surface area contributed by atoms with Crippen LogP contribution in [0, 0.1) is 12.8 Å². The maximum absolute atomic E-state index is 12.1. The molecule has 7 heteroatoms. The van der Waals surface area contributed by atoms with Crippen molar-refractivity contribution in [3.8, 4) is 34.0 Å². The number of aromatic amines is 1. The number of aryl methyl sites for hydroxylation is 1. The molecule has 1 amide bonds. The Hall–Kier alpha value is -3.61. The molecule has 2 aromatic carbocycles. The lowest BCUT2D eigenvalue weighted by molar-refractivity contribution is -0.123. The maximum Gasteiger partial charge on any atom is 0.345 e. The summed E-state index contributed by atoms with van der Waals surface area (Å²) in [6, 6.07) is 14.1. The van der Waals surface area contributed by atoms with E-state index in [1.165, 1.54) is 32.1 Å². The third-order valence-corrected chi connectivity index (χ3v) is 6.09. The van der Waals surface area contributed by atoms with Crippen molar-refractivity contribution in [2.45, 2.75) is 39.0 Å². The van der Waals surface area contributed by atoms with Crippen molar-refractivity contribution in [3.63, 3.8) is 0 Å². The molecule has 7 nitrogen and oxygen atoms in total. The number of carbonyl (C=O) groups is 1. The zero-order chi connectivity index (χ0) is 23.2. The molecule has 0 atom stereocenters. The van der Waals surface area contributed by atoms with E-state index in [1.807, 2.05) is 12.1 Å². The summed E-state index contributed by atoms with van der Waals surface area (Å²) in [6.07, 6.45) is 6.18. The molecule has 3 aromatic rings. The van der Waals surface area contributed by atoms with Gasteiger partial charge in [0.15, 0.2) is 6.61 Å². The minimum atomic E-state index is -0.455. The number of hydrogen-bond donors (Lipinski definition) is 3. The number of nitrogens with one attached hydrogen (secondary N) is 2. The van der Waals surface area contributed by atoms with E-state index in [9.17, 15) is 14.7 Å². The Kier molecular flexibility index (Phi) is 7.07. The van der Waals surface area contributed by atoms with Crippen LogP contribution < -0.4 is 15.7 Å². The number of amides is 1. The average molecular weight is 448 g/mol. The average Bonchev–Trinajstić information content (AvgIpc) is 2.83. The first-order valence-electron chi connectivity index (χ1n) is 11.4. The number of H-pyrrole nitrogens is 1. The Morgan fingerprint density at radius 2 is 1.82 bits per heavy atom. The van der Waals surface area contributed by atoms with Gasteiger partial charge < -0.3 is 20.1 Å². The second-order valence-electron chi connectivity index (χ2n) is 8.61. The van der Waals surface area contributed by atoms with Gasteiger partial charge in [-0.25, -0.2) is 4.79 Å². The molecular weight excluding hydrogens is 418 g/mol. The van der Waals surface area contributed by atoms with E-state index in [2.05, 4.69) is 15.3 Å². The lowest BCUT2D eigenvalue weighted by Crippen LogP contribution is -2.33. The number of hydrogen-bond acceptors (Lipinski definition) is 5. The van der Waals surface area contributed by atoms with Crippen molar-refractivity contribution >= 4 is 5.91 Å². The molecule has 1 aliphatic rings. The Balaban J connectivity index is 1.38. The summed E-state index contributed by atoms with van der Waals surface area (Å²) >= 11 is 0. The molecule has 0 bridgehead atoms. The van der Waals surface area contributed by atoms with Gasteiger partial charge in [-0.1, -0.05) is 19.3 Å². The quantitative estimate of drug-likeness (QED) is 0.504. The minimum Gasteiger partial charge on any atom is -0.508 e. The van der Waals surface area contributed by atoms with E-state index in [1.54, 1.807) is 43.3 Å². The summed E-state index contributed by atoms with van der Waals surface area (Å²) in [5.74, 6) is 1.25. The van der Waals surface area contributed by atoms with E-state index in [4.69, 9.17) is 4.74 Å². The van der Waals surface area contributed by atoms with Crippen LogP contribution in [0.25, 0.3) is 22.5 Å². The maximum atomic E-state index is 12.1. The number of aromatic nitrogens is 2. The van der Waals surface area contributed by atoms with Crippen molar-refractivity contribution in [3.05, 3.63) is 64.6 Å². The fraction of sp³-hybridized carbons (Fsp3) is 0.346. The smallest absolute Gasteiger partial charge is 0.345 e. The fourth-order valence-corrected chi connectivity index (χ4v) is 4.16. The molecule has 0 spiro atoms. The molecule has 0 saturated heterocycles. The predicted molar refractivity (Wildman–Crippen MR) is 127 cm³/mol. The second-order valence-corrected chi connectivity index (χ2v) is 8.61. The first-order valence-corrected chi connectivity index (χ1v) is 11.4. The molecule has 4 rings (SSSR count). The van der Waals surface area contributed by atoms with Crippen molar-refractivity contribution < 1.29 is 14.6 Å². The predicted octanol–water partition coefficient (Wildman–Crippen LogP) is 4.19. The van der Waals surface area contributed by atoms with Crippen LogP contribution in [0.3, 0.4) is 0 Å². The van der Waals surface area contributed by atoms with Crippen LogP contribution in [0.15, 0.2) is 53.3 Å². The molecule has 3 N–H and O–H groups in total. The van der Waals surface area contributed by atoms with Crippen LogP contribution >= 0.6 is 0 Å². The monoisotopic (exact) mass is 447 g/mol. The van der Waals surface area contributed by atoms with Crippen molar-refractivity contribution in [2.24, 2.45) is 5.92 Å². The Morgan fingerprint density at radius 1 is 1.09 bits per heavy atom. The number of aromatic hydroxyl groups is 1. The van der Waals surface area contributed by atoms with E-state index in [-0.39, 0.29) is 18.3 Å². The molecule has 0 aliphatic heterocycles. The largest absolute Gasteiger partial charge is 0.508 e. The third kappa shape index (κ3) is 6.00.